The van der Waals surface area contributed by atoms with Gasteiger partial charge in [0.05, 0.1) is 17.1 Å². The largest absolute Gasteiger partial charge is 0.453 e. The first kappa shape index (κ1) is 25.8. The van der Waals surface area contributed by atoms with Crippen LogP contribution in [0.2, 0.25) is 0 Å². The van der Waals surface area contributed by atoms with Gasteiger partial charge in [0.2, 0.25) is 11.8 Å². The zero-order valence-electron chi connectivity index (χ0n) is 24.2. The Hall–Kier alpha value is -5.48. The van der Waals surface area contributed by atoms with Gasteiger partial charge in [0.15, 0.2) is 23.0 Å². The van der Waals surface area contributed by atoms with Crippen molar-refractivity contribution in [3.63, 3.8) is 0 Å². The number of rotatable bonds is 4. The van der Waals surface area contributed by atoms with Crippen molar-refractivity contribution in [2.75, 3.05) is 9.80 Å². The lowest BCUT2D eigenvalue weighted by Crippen LogP contribution is -2.23. The van der Waals surface area contributed by atoms with E-state index >= 15 is 0 Å². The number of aromatic nitrogens is 2. The number of allylic oxidation sites excluding steroid dienone is 7. The number of fused-ring (bicyclic) bond motifs is 4. The summed E-state index contributed by atoms with van der Waals surface area (Å²) in [6, 6.07) is 32.6. The van der Waals surface area contributed by atoms with E-state index in [4.69, 9.17) is 13.9 Å². The SMILES string of the molecule is C1=CC2=C(I=C1)N(C1=C3C=C(c4nnc(-c5ccc(N6c7ccccc7Oc7ccccc76)cc5)o4)C=C[C@H]31)c1ccccc1O2. The van der Waals surface area contributed by atoms with Crippen LogP contribution in [-0.2, 0) is 0 Å². The van der Waals surface area contributed by atoms with Crippen LogP contribution in [0.3, 0.4) is 0 Å². The van der Waals surface area contributed by atoms with Crippen LogP contribution in [0.25, 0.3) is 17.0 Å². The van der Waals surface area contributed by atoms with E-state index in [1.54, 1.807) is 0 Å². The highest BCUT2D eigenvalue weighted by atomic mass is 127. The van der Waals surface area contributed by atoms with Gasteiger partial charge >= 0.3 is 0 Å². The zero-order valence-corrected chi connectivity index (χ0v) is 26.3. The fourth-order valence-electron chi connectivity index (χ4n) is 6.38. The van der Waals surface area contributed by atoms with Gasteiger partial charge in [0, 0.05) is 28.4 Å². The molecule has 7 nitrogen and oxygen atoms in total. The summed E-state index contributed by atoms with van der Waals surface area (Å²) in [5, 5.41) is 8.87. The molecule has 5 aliphatic rings. The van der Waals surface area contributed by atoms with Crippen molar-refractivity contribution in [2.24, 2.45) is 5.92 Å². The number of nitrogens with zero attached hydrogens (tertiary/aromatic N) is 4. The van der Waals surface area contributed by atoms with E-state index in [9.17, 15) is 0 Å². The van der Waals surface area contributed by atoms with Crippen LogP contribution < -0.4 is 19.3 Å². The molecule has 4 heterocycles. The summed E-state index contributed by atoms with van der Waals surface area (Å²) in [6.45, 7) is 0. The molecule has 1 atom stereocenters. The first-order chi connectivity index (χ1) is 22.8. The van der Waals surface area contributed by atoms with Gasteiger partial charge in [-0.3, -0.25) is 0 Å². The third kappa shape index (κ3) is 3.99. The van der Waals surface area contributed by atoms with Crippen LogP contribution in [0, 0.1) is 5.92 Å². The molecule has 3 aliphatic heterocycles. The number of ether oxygens (including phenoxy) is 2. The maximum atomic E-state index is 6.27. The minimum atomic E-state index is -0.308. The second kappa shape index (κ2) is 10.0. The molecular weight excluding hydrogens is 687 g/mol. The van der Waals surface area contributed by atoms with E-state index in [2.05, 4.69) is 90.8 Å². The molecule has 4 aromatic carbocycles. The second-order valence-electron chi connectivity index (χ2n) is 11.3. The summed E-state index contributed by atoms with van der Waals surface area (Å²) in [4.78, 5) is 4.62. The molecule has 0 saturated heterocycles. The summed E-state index contributed by atoms with van der Waals surface area (Å²) < 4.78 is 22.2. The Morgan fingerprint density at radius 1 is 0.652 bits per heavy atom. The molecule has 0 spiro atoms. The first-order valence-electron chi connectivity index (χ1n) is 15.0. The molecule has 0 saturated carbocycles. The Balaban J connectivity index is 0.955. The smallest absolute Gasteiger partial charge is 0.248 e. The molecule has 46 heavy (non-hydrogen) atoms. The topological polar surface area (TPSA) is 63.9 Å². The summed E-state index contributed by atoms with van der Waals surface area (Å²) in [7, 11) is 0. The van der Waals surface area contributed by atoms with Crippen LogP contribution in [0.4, 0.5) is 22.7 Å². The quantitative estimate of drug-likeness (QED) is 0.133. The molecule has 0 N–H and O–H groups in total. The first-order valence-corrected chi connectivity index (χ1v) is 17.3. The normalized spacial score (nSPS) is 18.3. The van der Waals surface area contributed by atoms with Gasteiger partial charge < -0.3 is 23.7 Å². The van der Waals surface area contributed by atoms with Gasteiger partial charge in [-0.05, 0) is 82.4 Å². The monoisotopic (exact) mass is 710 g/mol. The number of hydrogen-bond acceptors (Lipinski definition) is 7. The average Bonchev–Trinajstić information content (AvgIpc) is 3.59. The van der Waals surface area contributed by atoms with E-state index in [0.29, 0.717) is 11.8 Å². The highest BCUT2D eigenvalue weighted by Crippen LogP contribution is 2.56. The molecule has 0 fully saturated rings. The number of hydrogen-bond donors (Lipinski definition) is 0. The summed E-state index contributed by atoms with van der Waals surface area (Å²) in [5.41, 5.74) is 8.43. The lowest BCUT2D eigenvalue weighted by molar-refractivity contribution is 0.434. The van der Waals surface area contributed by atoms with Gasteiger partial charge in [-0.25, -0.2) is 0 Å². The Bertz CT molecular complexity index is 2250. The van der Waals surface area contributed by atoms with Crippen LogP contribution in [0.15, 0.2) is 153 Å². The molecule has 0 bridgehead atoms. The summed E-state index contributed by atoms with van der Waals surface area (Å²) >= 11 is -0.308. The lowest BCUT2D eigenvalue weighted by atomic mass is 10.1. The van der Waals surface area contributed by atoms with Crippen molar-refractivity contribution in [2.45, 2.75) is 0 Å². The summed E-state index contributed by atoms with van der Waals surface area (Å²) in [5.74, 6) is 4.74. The van der Waals surface area contributed by atoms with E-state index in [-0.39, 0.29) is 26.6 Å². The molecule has 220 valence electrons. The fourth-order valence-corrected chi connectivity index (χ4v) is 8.53. The zero-order chi connectivity index (χ0) is 30.2. The number of benzene rings is 4. The van der Waals surface area contributed by atoms with Crippen LogP contribution in [0.5, 0.6) is 17.2 Å². The highest BCUT2D eigenvalue weighted by Gasteiger charge is 2.44. The van der Waals surface area contributed by atoms with Crippen molar-refractivity contribution in [1.82, 2.24) is 10.2 Å². The lowest BCUT2D eigenvalue weighted by Gasteiger charge is -2.32. The molecule has 1 aromatic heterocycles. The highest BCUT2D eigenvalue weighted by molar-refractivity contribution is 14.2. The van der Waals surface area contributed by atoms with Gasteiger partial charge in [-0.1, -0.05) is 75.4 Å². The Kier molecular flexibility index (Phi) is 5.62. The summed E-state index contributed by atoms with van der Waals surface area (Å²) in [6.07, 6.45) is 10.7. The van der Waals surface area contributed by atoms with Gasteiger partial charge in [-0.2, -0.15) is 0 Å². The predicted octanol–water partition coefficient (Wildman–Crippen LogP) is 9.56. The third-order valence-corrected chi connectivity index (χ3v) is 10.9. The van der Waals surface area contributed by atoms with Gasteiger partial charge in [0.25, 0.3) is 0 Å². The van der Waals surface area contributed by atoms with Crippen molar-refractivity contribution < 1.29 is 13.9 Å². The maximum absolute atomic E-state index is 6.27. The van der Waals surface area contributed by atoms with Gasteiger partial charge in [-0.15, -0.1) is 10.2 Å². The van der Waals surface area contributed by atoms with Crippen molar-refractivity contribution in [3.8, 4) is 28.7 Å². The number of anilines is 4. The van der Waals surface area contributed by atoms with Crippen molar-refractivity contribution in [3.05, 3.63) is 154 Å². The maximum Gasteiger partial charge on any atom is 0.248 e. The van der Waals surface area contributed by atoms with E-state index in [1.165, 1.54) is 15.0 Å². The molecular formula is C38H23IN4O3. The number of halogens is 1. The Labute approximate surface area is 274 Å². The molecule has 10 rings (SSSR count). The number of para-hydroxylation sites is 6. The molecule has 2 aliphatic carbocycles. The van der Waals surface area contributed by atoms with E-state index in [1.807, 2.05) is 60.7 Å². The van der Waals surface area contributed by atoms with E-state index in [0.717, 1.165) is 56.9 Å². The molecule has 0 radical (unpaired) electrons. The standard InChI is InChI=1S/C38H23IN4O3/c1-4-11-31-28(8-1)42(29-9-2-5-12-32(29)44-31)25-18-15-23(16-19-25)37-40-41-38(46-37)24-17-20-26-27(22-24)35(26)43-30-10-3-6-13-33(30)45-34-14-7-21-39-36(34)43/h1-22,26H/t26-/m1/s1. The third-order valence-electron chi connectivity index (χ3n) is 8.55. The Morgan fingerprint density at radius 2 is 1.30 bits per heavy atom. The van der Waals surface area contributed by atoms with Crippen LogP contribution >= 0.6 is 20.7 Å². The fraction of sp³-hybridized carbons (Fsp3) is 0.0263. The minimum Gasteiger partial charge on any atom is -0.453 e. The molecule has 0 unspecified atom stereocenters. The minimum absolute atomic E-state index is 0.268. The van der Waals surface area contributed by atoms with Crippen LogP contribution in [-0.4, -0.2) is 14.2 Å². The Morgan fingerprint density at radius 3 is 2.04 bits per heavy atom. The van der Waals surface area contributed by atoms with Crippen molar-refractivity contribution >= 4 is 53.1 Å². The molecule has 8 heteroatoms. The average molecular weight is 711 g/mol. The van der Waals surface area contributed by atoms with Crippen molar-refractivity contribution in [1.29, 1.82) is 0 Å². The molecule has 5 aromatic rings. The van der Waals surface area contributed by atoms with Gasteiger partial charge in [0.1, 0.15) is 3.70 Å². The predicted molar refractivity (Wildman–Crippen MR) is 188 cm³/mol. The van der Waals surface area contributed by atoms with E-state index < -0.39 is 0 Å². The van der Waals surface area contributed by atoms with Crippen LogP contribution in [0.1, 0.15) is 5.89 Å². The molecule has 0 amide bonds. The second-order valence-corrected chi connectivity index (χ2v) is 13.6.